The summed E-state index contributed by atoms with van der Waals surface area (Å²) in [6.45, 7) is 3.54. The number of halogens is 5. The van der Waals surface area contributed by atoms with E-state index in [9.17, 15) is 26.7 Å². The summed E-state index contributed by atoms with van der Waals surface area (Å²) < 4.78 is 72.6. The molecule has 2 fully saturated rings. The molecule has 1 aliphatic carbocycles. The highest BCUT2D eigenvalue weighted by Gasteiger charge is 2.68. The van der Waals surface area contributed by atoms with Gasteiger partial charge in [-0.1, -0.05) is 18.2 Å². The first kappa shape index (κ1) is 24.2. The van der Waals surface area contributed by atoms with Crippen LogP contribution in [0.1, 0.15) is 50.4 Å². The molecule has 1 amide bonds. The molecule has 1 aliphatic heterocycles. The molecule has 1 aromatic carbocycles. The zero-order valence-electron chi connectivity index (χ0n) is 18.8. The Labute approximate surface area is 194 Å². The van der Waals surface area contributed by atoms with Gasteiger partial charge in [-0.05, 0) is 49.6 Å². The Balaban J connectivity index is 1.33. The van der Waals surface area contributed by atoms with Gasteiger partial charge in [-0.3, -0.25) is 4.79 Å². The molecule has 5 nitrogen and oxygen atoms in total. The van der Waals surface area contributed by atoms with Crippen LogP contribution < -0.4 is 15.0 Å². The summed E-state index contributed by atoms with van der Waals surface area (Å²) in [6, 6.07) is 10.8. The summed E-state index contributed by atoms with van der Waals surface area (Å²) in [4.78, 5) is 18.1. The van der Waals surface area contributed by atoms with Gasteiger partial charge in [-0.2, -0.15) is 22.0 Å². The molecule has 34 heavy (non-hydrogen) atoms. The summed E-state index contributed by atoms with van der Waals surface area (Å²) in [7, 11) is 0. The minimum atomic E-state index is -4.54. The molecule has 0 bridgehead atoms. The molecule has 10 heteroatoms. The van der Waals surface area contributed by atoms with Gasteiger partial charge in [0.15, 0.2) is 0 Å². The van der Waals surface area contributed by atoms with Crippen molar-refractivity contribution in [3.8, 4) is 5.75 Å². The zero-order chi connectivity index (χ0) is 24.7. The SMILES string of the molecule is CC(NC(=O)C1(C(F)(F)F)CC1)c1ccc(OC2CCN(c3cccc(C(C)(F)F)n3)C2)cc1. The number of pyridine rings is 1. The number of carbonyl (C=O) groups is 1. The quantitative estimate of drug-likeness (QED) is 0.538. The normalized spacial score (nSPS) is 20.7. The Morgan fingerprint density at radius 1 is 1.15 bits per heavy atom. The highest BCUT2D eigenvalue weighted by molar-refractivity contribution is 5.86. The van der Waals surface area contributed by atoms with E-state index in [1.54, 1.807) is 43.3 Å². The molecular weight excluding hydrogens is 457 g/mol. The van der Waals surface area contributed by atoms with E-state index in [-0.39, 0.29) is 24.6 Å². The Kier molecular flexibility index (Phi) is 6.20. The number of anilines is 1. The van der Waals surface area contributed by atoms with Crippen LogP contribution in [0.25, 0.3) is 0 Å². The third kappa shape index (κ3) is 4.95. The van der Waals surface area contributed by atoms with Crippen LogP contribution in [-0.4, -0.2) is 36.3 Å². The number of nitrogens with one attached hydrogen (secondary N) is 1. The van der Waals surface area contributed by atoms with Crippen molar-refractivity contribution in [3.63, 3.8) is 0 Å². The molecule has 2 unspecified atom stereocenters. The van der Waals surface area contributed by atoms with Crippen LogP contribution >= 0.6 is 0 Å². The lowest BCUT2D eigenvalue weighted by Gasteiger charge is -2.22. The van der Waals surface area contributed by atoms with Crippen LogP contribution in [0.2, 0.25) is 0 Å². The number of alkyl halides is 5. The Morgan fingerprint density at radius 3 is 2.41 bits per heavy atom. The maximum Gasteiger partial charge on any atom is 0.403 e. The fourth-order valence-electron chi connectivity index (χ4n) is 4.09. The van der Waals surface area contributed by atoms with E-state index < -0.39 is 29.5 Å². The lowest BCUT2D eigenvalue weighted by molar-refractivity contribution is -0.192. The van der Waals surface area contributed by atoms with Crippen LogP contribution in [0.4, 0.5) is 27.8 Å². The second kappa shape index (κ2) is 8.70. The Hall–Kier alpha value is -2.91. The lowest BCUT2D eigenvalue weighted by Crippen LogP contribution is -2.42. The predicted molar refractivity (Wildman–Crippen MR) is 116 cm³/mol. The van der Waals surface area contributed by atoms with Crippen LogP contribution in [0.15, 0.2) is 42.5 Å². The van der Waals surface area contributed by atoms with E-state index in [1.165, 1.54) is 6.07 Å². The van der Waals surface area contributed by atoms with E-state index in [4.69, 9.17) is 4.74 Å². The molecule has 2 aromatic rings. The molecule has 2 aliphatic rings. The third-order valence-electron chi connectivity index (χ3n) is 6.41. The average Bonchev–Trinajstić information content (AvgIpc) is 3.48. The zero-order valence-corrected chi connectivity index (χ0v) is 18.8. The minimum Gasteiger partial charge on any atom is -0.489 e. The number of nitrogens with zero attached hydrogens (tertiary/aromatic N) is 2. The first-order valence-corrected chi connectivity index (χ1v) is 11.1. The third-order valence-corrected chi connectivity index (χ3v) is 6.41. The van der Waals surface area contributed by atoms with Crippen molar-refractivity contribution in [2.75, 3.05) is 18.0 Å². The topological polar surface area (TPSA) is 54.5 Å². The van der Waals surface area contributed by atoms with Crippen LogP contribution in [0.3, 0.4) is 0 Å². The van der Waals surface area contributed by atoms with Gasteiger partial charge in [0.25, 0.3) is 5.92 Å². The summed E-state index contributed by atoms with van der Waals surface area (Å²) >= 11 is 0. The molecule has 0 radical (unpaired) electrons. The highest BCUT2D eigenvalue weighted by Crippen LogP contribution is 2.57. The first-order chi connectivity index (χ1) is 15.9. The fraction of sp³-hybridized carbons (Fsp3) is 0.500. The van der Waals surface area contributed by atoms with Gasteiger partial charge < -0.3 is 15.0 Å². The summed E-state index contributed by atoms with van der Waals surface area (Å²) in [5.41, 5.74) is -1.87. The molecule has 1 saturated heterocycles. The lowest BCUT2D eigenvalue weighted by atomic mass is 10.0. The monoisotopic (exact) mass is 483 g/mol. The largest absolute Gasteiger partial charge is 0.489 e. The summed E-state index contributed by atoms with van der Waals surface area (Å²) in [6.07, 6.45) is -4.39. The Morgan fingerprint density at radius 2 is 1.82 bits per heavy atom. The maximum absolute atomic E-state index is 13.6. The van der Waals surface area contributed by atoms with Gasteiger partial charge in [0.1, 0.15) is 28.8 Å². The van der Waals surface area contributed by atoms with Gasteiger partial charge in [0.2, 0.25) is 5.91 Å². The van der Waals surface area contributed by atoms with Gasteiger partial charge in [-0.25, -0.2) is 4.98 Å². The number of benzene rings is 1. The second-order valence-corrected chi connectivity index (χ2v) is 9.09. The number of ether oxygens (including phenoxy) is 1. The van der Waals surface area contributed by atoms with Gasteiger partial charge in [0.05, 0.1) is 12.6 Å². The standard InChI is InChI=1S/C24H26F5N3O2/c1-15(30-21(33)23(11-12-23)24(27,28)29)16-6-8-17(9-7-16)34-18-10-13-32(14-18)20-5-3-4-19(31-20)22(2,25)26/h3-9,15,18H,10-14H2,1-2H3,(H,30,33). The van der Waals surface area contributed by atoms with Crippen molar-refractivity contribution in [3.05, 3.63) is 53.7 Å². The van der Waals surface area contributed by atoms with Gasteiger partial charge >= 0.3 is 6.18 Å². The van der Waals surface area contributed by atoms with Crippen molar-refractivity contribution in [1.29, 1.82) is 0 Å². The number of carbonyl (C=O) groups excluding carboxylic acids is 1. The van der Waals surface area contributed by atoms with Crippen LogP contribution in [0.5, 0.6) is 5.75 Å². The van der Waals surface area contributed by atoms with Gasteiger partial charge in [-0.15, -0.1) is 0 Å². The smallest absolute Gasteiger partial charge is 0.403 e. The van der Waals surface area contributed by atoms with Crippen molar-refractivity contribution in [2.45, 2.75) is 57.4 Å². The van der Waals surface area contributed by atoms with Crippen molar-refractivity contribution >= 4 is 11.7 Å². The molecule has 1 N–H and O–H groups in total. The molecule has 2 atom stereocenters. The molecule has 0 spiro atoms. The van der Waals surface area contributed by atoms with E-state index in [0.717, 1.165) is 6.92 Å². The molecule has 1 saturated carbocycles. The minimum absolute atomic E-state index is 0.169. The average molecular weight is 483 g/mol. The van der Waals surface area contributed by atoms with Crippen molar-refractivity contribution in [1.82, 2.24) is 10.3 Å². The predicted octanol–water partition coefficient (Wildman–Crippen LogP) is 5.37. The van der Waals surface area contributed by atoms with E-state index >= 15 is 0 Å². The summed E-state index contributed by atoms with van der Waals surface area (Å²) in [5.74, 6) is -2.96. The maximum atomic E-state index is 13.6. The van der Waals surface area contributed by atoms with Gasteiger partial charge in [0, 0.05) is 19.9 Å². The second-order valence-electron chi connectivity index (χ2n) is 9.09. The number of rotatable bonds is 7. The number of aromatic nitrogens is 1. The molecule has 184 valence electrons. The van der Waals surface area contributed by atoms with Crippen molar-refractivity contribution in [2.24, 2.45) is 5.41 Å². The number of hydrogen-bond acceptors (Lipinski definition) is 4. The Bertz CT molecular complexity index is 1030. The van der Waals surface area contributed by atoms with E-state index in [2.05, 4.69) is 10.3 Å². The van der Waals surface area contributed by atoms with E-state index in [1.807, 2.05) is 4.90 Å². The molecule has 2 heterocycles. The molecule has 4 rings (SSSR count). The highest BCUT2D eigenvalue weighted by atomic mass is 19.4. The molecule has 1 aromatic heterocycles. The fourth-order valence-corrected chi connectivity index (χ4v) is 4.09. The number of hydrogen-bond donors (Lipinski definition) is 1. The van der Waals surface area contributed by atoms with Crippen molar-refractivity contribution < 1.29 is 31.5 Å². The number of amides is 1. The van der Waals surface area contributed by atoms with Crippen LogP contribution in [-0.2, 0) is 10.7 Å². The van der Waals surface area contributed by atoms with E-state index in [0.29, 0.717) is 36.6 Å². The first-order valence-electron chi connectivity index (χ1n) is 11.1. The summed E-state index contributed by atoms with van der Waals surface area (Å²) in [5, 5.41) is 2.47. The molecular formula is C24H26F5N3O2. The van der Waals surface area contributed by atoms with Crippen LogP contribution in [0, 0.1) is 5.41 Å².